The first-order valence-electron chi connectivity index (χ1n) is 6.84. The first kappa shape index (κ1) is 15.5. The third-order valence-corrected chi connectivity index (χ3v) is 3.28. The molecule has 0 amide bonds. The lowest BCUT2D eigenvalue weighted by Crippen LogP contribution is -2.21. The summed E-state index contributed by atoms with van der Waals surface area (Å²) in [5.74, 6) is 1.40. The average Bonchev–Trinajstić information content (AvgIpc) is 2.46. The number of benzene rings is 1. The summed E-state index contributed by atoms with van der Waals surface area (Å²) in [6, 6.07) is 9.59. The fourth-order valence-corrected chi connectivity index (χ4v) is 1.97. The van der Waals surface area contributed by atoms with Gasteiger partial charge in [-0.25, -0.2) is 4.98 Å². The van der Waals surface area contributed by atoms with Gasteiger partial charge >= 0.3 is 0 Å². The van der Waals surface area contributed by atoms with Crippen molar-refractivity contribution >= 4 is 23.4 Å². The standard InChI is InChI=1S/C15H20ClN5/c1-21(2)10-9-17-14-7-8-18-15(20-14)19-11-12-5-3-4-6-13(12)16/h3-8H,9-11H2,1-2H3,(H2,17,18,19,20). The van der Waals surface area contributed by atoms with Gasteiger partial charge in [-0.15, -0.1) is 0 Å². The van der Waals surface area contributed by atoms with Crippen LogP contribution in [0, 0.1) is 0 Å². The minimum atomic E-state index is 0.588. The van der Waals surface area contributed by atoms with Crippen LogP contribution in [-0.4, -0.2) is 42.1 Å². The summed E-state index contributed by atoms with van der Waals surface area (Å²) in [6.07, 6.45) is 1.74. The van der Waals surface area contributed by atoms with Crippen molar-refractivity contribution in [1.82, 2.24) is 14.9 Å². The number of rotatable bonds is 7. The average molecular weight is 306 g/mol. The van der Waals surface area contributed by atoms with E-state index in [1.165, 1.54) is 0 Å². The predicted octanol–water partition coefficient (Wildman–Crippen LogP) is 2.72. The SMILES string of the molecule is CN(C)CCNc1ccnc(NCc2ccccc2Cl)n1. The monoisotopic (exact) mass is 305 g/mol. The molecule has 0 saturated heterocycles. The van der Waals surface area contributed by atoms with Gasteiger partial charge in [0.2, 0.25) is 5.95 Å². The highest BCUT2D eigenvalue weighted by atomic mass is 35.5. The summed E-state index contributed by atoms with van der Waals surface area (Å²) in [5.41, 5.74) is 1.02. The van der Waals surface area contributed by atoms with E-state index < -0.39 is 0 Å². The molecule has 0 saturated carbocycles. The second kappa shape index (κ2) is 7.81. The molecule has 6 heteroatoms. The Morgan fingerprint density at radius 1 is 1.14 bits per heavy atom. The molecule has 0 aliphatic rings. The van der Waals surface area contributed by atoms with Crippen LogP contribution in [-0.2, 0) is 6.54 Å². The van der Waals surface area contributed by atoms with Crippen molar-refractivity contribution in [2.45, 2.75) is 6.54 Å². The summed E-state index contributed by atoms with van der Waals surface area (Å²) in [5, 5.41) is 7.19. The number of anilines is 2. The summed E-state index contributed by atoms with van der Waals surface area (Å²) in [4.78, 5) is 10.7. The fourth-order valence-electron chi connectivity index (χ4n) is 1.77. The minimum absolute atomic E-state index is 0.588. The second-order valence-corrected chi connectivity index (χ2v) is 5.35. The molecule has 0 bridgehead atoms. The molecule has 0 unspecified atom stereocenters. The van der Waals surface area contributed by atoms with E-state index in [2.05, 4.69) is 25.5 Å². The molecular weight excluding hydrogens is 286 g/mol. The highest BCUT2D eigenvalue weighted by molar-refractivity contribution is 6.31. The first-order valence-corrected chi connectivity index (χ1v) is 7.22. The molecule has 0 aliphatic heterocycles. The third kappa shape index (κ3) is 5.21. The fraction of sp³-hybridized carbons (Fsp3) is 0.333. The highest BCUT2D eigenvalue weighted by Crippen LogP contribution is 2.16. The van der Waals surface area contributed by atoms with E-state index in [1.54, 1.807) is 6.20 Å². The topological polar surface area (TPSA) is 53.1 Å². The zero-order chi connectivity index (χ0) is 15.1. The van der Waals surface area contributed by atoms with Crippen molar-refractivity contribution in [3.63, 3.8) is 0 Å². The molecule has 2 aromatic rings. The molecule has 2 rings (SSSR count). The van der Waals surface area contributed by atoms with Crippen LogP contribution in [0.1, 0.15) is 5.56 Å². The van der Waals surface area contributed by atoms with Crippen LogP contribution in [0.15, 0.2) is 36.5 Å². The van der Waals surface area contributed by atoms with Crippen molar-refractivity contribution in [3.8, 4) is 0 Å². The largest absolute Gasteiger partial charge is 0.369 e. The number of halogens is 1. The van der Waals surface area contributed by atoms with Gasteiger partial charge in [0.15, 0.2) is 0 Å². The highest BCUT2D eigenvalue weighted by Gasteiger charge is 2.02. The molecule has 1 heterocycles. The summed E-state index contributed by atoms with van der Waals surface area (Å²) < 4.78 is 0. The maximum atomic E-state index is 6.12. The minimum Gasteiger partial charge on any atom is -0.369 e. The Morgan fingerprint density at radius 3 is 2.71 bits per heavy atom. The molecule has 2 N–H and O–H groups in total. The van der Waals surface area contributed by atoms with Gasteiger partial charge in [0, 0.05) is 30.9 Å². The van der Waals surface area contributed by atoms with E-state index in [-0.39, 0.29) is 0 Å². The molecule has 112 valence electrons. The lowest BCUT2D eigenvalue weighted by molar-refractivity contribution is 0.425. The van der Waals surface area contributed by atoms with E-state index in [9.17, 15) is 0 Å². The summed E-state index contributed by atoms with van der Waals surface area (Å²) >= 11 is 6.12. The summed E-state index contributed by atoms with van der Waals surface area (Å²) in [6.45, 7) is 2.39. The summed E-state index contributed by atoms with van der Waals surface area (Å²) in [7, 11) is 4.08. The van der Waals surface area contributed by atoms with Crippen LogP contribution >= 0.6 is 11.6 Å². The van der Waals surface area contributed by atoms with E-state index in [0.717, 1.165) is 29.5 Å². The quantitative estimate of drug-likeness (QED) is 0.824. The smallest absolute Gasteiger partial charge is 0.224 e. The number of nitrogens with one attached hydrogen (secondary N) is 2. The molecule has 21 heavy (non-hydrogen) atoms. The number of nitrogens with zero attached hydrogens (tertiary/aromatic N) is 3. The van der Waals surface area contributed by atoms with Crippen LogP contribution < -0.4 is 10.6 Å². The lowest BCUT2D eigenvalue weighted by Gasteiger charge is -2.11. The van der Waals surface area contributed by atoms with Crippen LogP contribution in [0.3, 0.4) is 0 Å². The van der Waals surface area contributed by atoms with Crippen LogP contribution in [0.5, 0.6) is 0 Å². The Bertz CT molecular complexity index is 573. The van der Waals surface area contributed by atoms with Crippen molar-refractivity contribution < 1.29 is 0 Å². The second-order valence-electron chi connectivity index (χ2n) is 4.94. The molecule has 0 aliphatic carbocycles. The molecular formula is C15H20ClN5. The van der Waals surface area contributed by atoms with Crippen LogP contribution in [0.2, 0.25) is 5.02 Å². The number of hydrogen-bond acceptors (Lipinski definition) is 5. The van der Waals surface area contributed by atoms with Crippen molar-refractivity contribution in [2.24, 2.45) is 0 Å². The van der Waals surface area contributed by atoms with Gasteiger partial charge in [-0.3, -0.25) is 0 Å². The van der Waals surface area contributed by atoms with Crippen LogP contribution in [0.4, 0.5) is 11.8 Å². The van der Waals surface area contributed by atoms with Gasteiger partial charge in [0.05, 0.1) is 0 Å². The first-order chi connectivity index (χ1) is 10.1. The lowest BCUT2D eigenvalue weighted by atomic mass is 10.2. The number of hydrogen-bond donors (Lipinski definition) is 2. The van der Waals surface area contributed by atoms with Crippen molar-refractivity contribution in [3.05, 3.63) is 47.1 Å². The molecule has 0 radical (unpaired) electrons. The normalized spacial score (nSPS) is 10.7. The maximum Gasteiger partial charge on any atom is 0.224 e. The van der Waals surface area contributed by atoms with Gasteiger partial charge in [-0.2, -0.15) is 4.98 Å². The van der Waals surface area contributed by atoms with E-state index in [4.69, 9.17) is 11.6 Å². The van der Waals surface area contributed by atoms with Gasteiger partial charge < -0.3 is 15.5 Å². The van der Waals surface area contributed by atoms with E-state index >= 15 is 0 Å². The molecule has 0 fully saturated rings. The molecule has 0 spiro atoms. The Labute approximate surface area is 130 Å². The molecule has 0 atom stereocenters. The number of aromatic nitrogens is 2. The van der Waals surface area contributed by atoms with Crippen molar-refractivity contribution in [2.75, 3.05) is 37.8 Å². The van der Waals surface area contributed by atoms with Crippen molar-refractivity contribution in [1.29, 1.82) is 0 Å². The molecule has 5 nitrogen and oxygen atoms in total. The Balaban J connectivity index is 1.90. The van der Waals surface area contributed by atoms with Gasteiger partial charge in [0.1, 0.15) is 5.82 Å². The zero-order valence-electron chi connectivity index (χ0n) is 12.3. The van der Waals surface area contributed by atoms with E-state index in [0.29, 0.717) is 12.5 Å². The Kier molecular flexibility index (Phi) is 5.78. The van der Waals surface area contributed by atoms with Crippen LogP contribution in [0.25, 0.3) is 0 Å². The Morgan fingerprint density at radius 2 is 1.95 bits per heavy atom. The van der Waals surface area contributed by atoms with Gasteiger partial charge in [-0.05, 0) is 31.8 Å². The Hall–Kier alpha value is -1.85. The third-order valence-electron chi connectivity index (χ3n) is 2.92. The predicted molar refractivity (Wildman–Crippen MR) is 87.9 cm³/mol. The number of likely N-dealkylation sites (N-methyl/N-ethyl adjacent to an activating group) is 1. The van der Waals surface area contributed by atoms with E-state index in [1.807, 2.05) is 44.4 Å². The maximum absolute atomic E-state index is 6.12. The molecule has 1 aromatic carbocycles. The van der Waals surface area contributed by atoms with Gasteiger partial charge in [-0.1, -0.05) is 29.8 Å². The van der Waals surface area contributed by atoms with Gasteiger partial charge in [0.25, 0.3) is 0 Å². The zero-order valence-corrected chi connectivity index (χ0v) is 13.1. The molecule has 1 aromatic heterocycles.